The number of aryl methyl sites for hydroxylation is 1. The summed E-state index contributed by atoms with van der Waals surface area (Å²) in [7, 11) is 0. The van der Waals surface area contributed by atoms with Crippen molar-refractivity contribution in [3.05, 3.63) is 59.7 Å². The summed E-state index contributed by atoms with van der Waals surface area (Å²) in [5.74, 6) is 1.04. The van der Waals surface area contributed by atoms with Crippen LogP contribution in [0.1, 0.15) is 62.5 Å². The molecule has 6 nitrogen and oxygen atoms in total. The second-order valence-electron chi connectivity index (χ2n) is 9.31. The van der Waals surface area contributed by atoms with Gasteiger partial charge in [0.25, 0.3) is 0 Å². The smallest absolute Gasteiger partial charge is 0.227 e. The summed E-state index contributed by atoms with van der Waals surface area (Å²) >= 11 is 0. The van der Waals surface area contributed by atoms with Crippen LogP contribution in [0.3, 0.4) is 0 Å². The third-order valence-corrected chi connectivity index (χ3v) is 6.91. The zero-order chi connectivity index (χ0) is 23.8. The van der Waals surface area contributed by atoms with Crippen LogP contribution in [0.4, 0.5) is 5.69 Å². The van der Waals surface area contributed by atoms with E-state index in [0.717, 1.165) is 48.2 Å². The number of rotatable bonds is 10. The van der Waals surface area contributed by atoms with Crippen LogP contribution in [-0.2, 0) is 22.6 Å². The Morgan fingerprint density at radius 1 is 1.06 bits per heavy atom. The van der Waals surface area contributed by atoms with Gasteiger partial charge in [0.05, 0.1) is 19.8 Å². The van der Waals surface area contributed by atoms with E-state index < -0.39 is 0 Å². The van der Waals surface area contributed by atoms with Crippen LogP contribution >= 0.6 is 0 Å². The number of carbonyl (C=O) groups excluding carboxylic acids is 2. The van der Waals surface area contributed by atoms with Gasteiger partial charge in [0.2, 0.25) is 11.8 Å². The van der Waals surface area contributed by atoms with E-state index in [4.69, 9.17) is 4.74 Å². The average Bonchev–Trinajstić information content (AvgIpc) is 2.88. The van der Waals surface area contributed by atoms with Gasteiger partial charge in [-0.3, -0.25) is 9.59 Å². The molecule has 1 fully saturated rings. The van der Waals surface area contributed by atoms with Crippen molar-refractivity contribution in [3.63, 3.8) is 0 Å². The molecule has 0 radical (unpaired) electrons. The first-order valence-electron chi connectivity index (χ1n) is 12.7. The molecule has 1 heterocycles. The summed E-state index contributed by atoms with van der Waals surface area (Å²) in [6.45, 7) is 1.47. The van der Waals surface area contributed by atoms with E-state index in [1.54, 1.807) is 0 Å². The minimum Gasteiger partial charge on any atom is -0.494 e. The highest BCUT2D eigenvalue weighted by molar-refractivity contribution is 5.96. The molecule has 2 aromatic carbocycles. The Balaban J connectivity index is 1.30. The lowest BCUT2D eigenvalue weighted by atomic mass is 9.94. The van der Waals surface area contributed by atoms with Crippen LogP contribution in [0.25, 0.3) is 0 Å². The second-order valence-corrected chi connectivity index (χ2v) is 9.31. The van der Waals surface area contributed by atoms with Crippen molar-refractivity contribution >= 4 is 17.5 Å². The minimum atomic E-state index is 0.0116. The van der Waals surface area contributed by atoms with E-state index in [1.807, 2.05) is 58.3 Å². The third kappa shape index (κ3) is 6.17. The summed E-state index contributed by atoms with van der Waals surface area (Å²) in [6.07, 6.45) is 7.94. The van der Waals surface area contributed by atoms with Crippen molar-refractivity contribution < 1.29 is 19.4 Å². The predicted molar refractivity (Wildman–Crippen MR) is 133 cm³/mol. The number of anilines is 1. The van der Waals surface area contributed by atoms with Crippen LogP contribution in [0.15, 0.2) is 48.5 Å². The maximum atomic E-state index is 12.8. The van der Waals surface area contributed by atoms with E-state index >= 15 is 0 Å². The van der Waals surface area contributed by atoms with Crippen molar-refractivity contribution in [2.75, 3.05) is 24.7 Å². The van der Waals surface area contributed by atoms with Crippen molar-refractivity contribution in [2.45, 2.75) is 70.4 Å². The second kappa shape index (κ2) is 12.0. The van der Waals surface area contributed by atoms with Crippen LogP contribution < -0.4 is 9.64 Å². The quantitative estimate of drug-likeness (QED) is 0.527. The molecule has 0 spiro atoms. The number of aliphatic hydroxyl groups is 1. The average molecular weight is 465 g/mol. The first-order chi connectivity index (χ1) is 16.7. The molecular formula is C28H36N2O4. The van der Waals surface area contributed by atoms with Gasteiger partial charge in [0, 0.05) is 31.1 Å². The SMILES string of the molecule is O=C1CCc2cc(OCCCC(=O)N(CCO)C3CCCCC3)ccc2N1Cc1ccccc1. The van der Waals surface area contributed by atoms with Crippen LogP contribution in [-0.4, -0.2) is 47.6 Å². The number of aliphatic hydroxyl groups excluding tert-OH is 1. The lowest BCUT2D eigenvalue weighted by Gasteiger charge is -2.34. The molecule has 0 bridgehead atoms. The Kier molecular flexibility index (Phi) is 8.58. The number of nitrogens with zero attached hydrogens (tertiary/aromatic N) is 2. The summed E-state index contributed by atoms with van der Waals surface area (Å²) in [4.78, 5) is 29.1. The molecule has 4 rings (SSSR count). The van der Waals surface area contributed by atoms with Gasteiger partial charge in [-0.05, 0) is 55.0 Å². The molecule has 2 amide bonds. The fourth-order valence-electron chi connectivity index (χ4n) is 5.13. The number of fused-ring (bicyclic) bond motifs is 1. The predicted octanol–water partition coefficient (Wildman–Crippen LogP) is 4.48. The monoisotopic (exact) mass is 464 g/mol. The van der Waals surface area contributed by atoms with Gasteiger partial charge in [-0.1, -0.05) is 49.6 Å². The fourth-order valence-corrected chi connectivity index (χ4v) is 5.13. The maximum absolute atomic E-state index is 12.8. The van der Waals surface area contributed by atoms with Crippen LogP contribution in [0, 0.1) is 0 Å². The summed E-state index contributed by atoms with van der Waals surface area (Å²) in [5, 5.41) is 9.41. The Hall–Kier alpha value is -2.86. The highest BCUT2D eigenvalue weighted by Gasteiger charge is 2.26. The first-order valence-corrected chi connectivity index (χ1v) is 12.7. The van der Waals surface area contributed by atoms with E-state index in [1.165, 1.54) is 6.42 Å². The third-order valence-electron chi connectivity index (χ3n) is 6.91. The largest absolute Gasteiger partial charge is 0.494 e. The number of ether oxygens (including phenoxy) is 1. The number of hydrogen-bond donors (Lipinski definition) is 1. The van der Waals surface area contributed by atoms with Crippen molar-refractivity contribution in [1.82, 2.24) is 4.90 Å². The molecule has 1 aliphatic carbocycles. The van der Waals surface area contributed by atoms with Gasteiger partial charge < -0.3 is 19.6 Å². The molecular weight excluding hydrogens is 428 g/mol. The van der Waals surface area contributed by atoms with E-state index in [-0.39, 0.29) is 24.5 Å². The Labute approximate surface area is 202 Å². The van der Waals surface area contributed by atoms with Crippen LogP contribution in [0.2, 0.25) is 0 Å². The highest BCUT2D eigenvalue weighted by Crippen LogP contribution is 2.32. The van der Waals surface area contributed by atoms with E-state index in [0.29, 0.717) is 45.4 Å². The van der Waals surface area contributed by atoms with Crippen molar-refractivity contribution in [2.24, 2.45) is 0 Å². The Morgan fingerprint density at radius 2 is 1.85 bits per heavy atom. The van der Waals surface area contributed by atoms with E-state index in [9.17, 15) is 14.7 Å². The van der Waals surface area contributed by atoms with Crippen molar-refractivity contribution in [3.8, 4) is 5.75 Å². The molecule has 0 unspecified atom stereocenters. The fraction of sp³-hybridized carbons (Fsp3) is 0.500. The zero-order valence-corrected chi connectivity index (χ0v) is 20.0. The lowest BCUT2D eigenvalue weighted by molar-refractivity contribution is -0.135. The molecule has 6 heteroatoms. The molecule has 0 atom stereocenters. The maximum Gasteiger partial charge on any atom is 0.227 e. The van der Waals surface area contributed by atoms with Gasteiger partial charge in [-0.15, -0.1) is 0 Å². The molecule has 1 saturated carbocycles. The minimum absolute atomic E-state index is 0.0116. The highest BCUT2D eigenvalue weighted by atomic mass is 16.5. The van der Waals surface area contributed by atoms with Gasteiger partial charge in [-0.25, -0.2) is 0 Å². The number of hydrogen-bond acceptors (Lipinski definition) is 4. The molecule has 34 heavy (non-hydrogen) atoms. The van der Waals surface area contributed by atoms with Gasteiger partial charge in [0.1, 0.15) is 5.75 Å². The number of amides is 2. The standard InChI is InChI=1S/C28H36N2O4/c31-18-17-29(24-10-5-2-6-11-24)27(32)12-7-19-34-25-14-15-26-23(20-25)13-16-28(33)30(26)21-22-8-3-1-4-9-22/h1,3-4,8-9,14-15,20,24,31H,2,5-7,10-13,16-19,21H2. The molecule has 182 valence electrons. The molecule has 2 aliphatic rings. The van der Waals surface area contributed by atoms with E-state index in [2.05, 4.69) is 0 Å². The van der Waals surface area contributed by atoms with Gasteiger partial charge >= 0.3 is 0 Å². The van der Waals surface area contributed by atoms with Gasteiger partial charge in [0.15, 0.2) is 0 Å². The van der Waals surface area contributed by atoms with Gasteiger partial charge in [-0.2, -0.15) is 0 Å². The Morgan fingerprint density at radius 3 is 2.62 bits per heavy atom. The molecule has 0 saturated heterocycles. The lowest BCUT2D eigenvalue weighted by Crippen LogP contribution is -2.43. The summed E-state index contributed by atoms with van der Waals surface area (Å²) < 4.78 is 5.96. The normalized spacial score (nSPS) is 16.3. The van der Waals surface area contributed by atoms with Crippen LogP contribution in [0.5, 0.6) is 5.75 Å². The van der Waals surface area contributed by atoms with Crippen molar-refractivity contribution in [1.29, 1.82) is 0 Å². The Bertz CT molecular complexity index is 956. The molecule has 1 N–H and O–H groups in total. The first kappa shape index (κ1) is 24.3. The topological polar surface area (TPSA) is 70.1 Å². The summed E-state index contributed by atoms with van der Waals surface area (Å²) in [6, 6.07) is 16.2. The molecule has 2 aromatic rings. The molecule has 0 aromatic heterocycles. The zero-order valence-electron chi connectivity index (χ0n) is 20.0. The number of benzene rings is 2. The number of carbonyl (C=O) groups is 2. The molecule has 1 aliphatic heterocycles. The summed E-state index contributed by atoms with van der Waals surface area (Å²) in [5.41, 5.74) is 3.18.